The third-order valence-electron chi connectivity index (χ3n) is 4.44. The molecule has 0 saturated heterocycles. The van der Waals surface area contributed by atoms with Crippen molar-refractivity contribution in [2.24, 2.45) is 0 Å². The van der Waals surface area contributed by atoms with Gasteiger partial charge in [-0.3, -0.25) is 0 Å². The van der Waals surface area contributed by atoms with Gasteiger partial charge in [-0.25, -0.2) is 4.98 Å². The second-order valence-corrected chi connectivity index (χ2v) is 5.83. The van der Waals surface area contributed by atoms with Crippen LogP contribution in [0.4, 0.5) is 5.69 Å². The molecular formula is C20H25ClN3-. The molecule has 0 unspecified atom stereocenters. The van der Waals surface area contributed by atoms with Crippen LogP contribution in [0, 0.1) is 0 Å². The summed E-state index contributed by atoms with van der Waals surface area (Å²) in [4.78, 5) is 7.24. The number of nitrogens with zero attached hydrogens (tertiary/aromatic N) is 2. The lowest BCUT2D eigenvalue weighted by Crippen LogP contribution is -3.00. The number of pyridine rings is 1. The molecule has 2 aromatic carbocycles. The molecule has 0 aliphatic heterocycles. The SMILES string of the molecule is CCN(CC)CCCNc1c2ccccc2nc2ccccc12.[Cl-]. The van der Waals surface area contributed by atoms with Gasteiger partial charge in [-0.2, -0.15) is 0 Å². The third-order valence-corrected chi connectivity index (χ3v) is 4.44. The Morgan fingerprint density at radius 3 is 1.96 bits per heavy atom. The molecule has 0 radical (unpaired) electrons. The normalized spacial score (nSPS) is 11.0. The van der Waals surface area contributed by atoms with Crippen molar-refractivity contribution in [2.75, 3.05) is 31.5 Å². The van der Waals surface area contributed by atoms with Crippen LogP contribution in [0.2, 0.25) is 0 Å². The number of hydrogen-bond donors (Lipinski definition) is 1. The van der Waals surface area contributed by atoms with E-state index in [2.05, 4.69) is 60.5 Å². The van der Waals surface area contributed by atoms with Crippen LogP contribution in [-0.2, 0) is 0 Å². The quantitative estimate of drug-likeness (QED) is 0.521. The summed E-state index contributed by atoms with van der Waals surface area (Å²) in [5.41, 5.74) is 3.32. The van der Waals surface area contributed by atoms with Gasteiger partial charge in [0.05, 0.1) is 16.7 Å². The predicted molar refractivity (Wildman–Crippen MR) is 100 cm³/mol. The molecular weight excluding hydrogens is 318 g/mol. The number of rotatable bonds is 7. The number of aromatic nitrogens is 1. The van der Waals surface area contributed by atoms with Crippen LogP contribution in [-0.4, -0.2) is 36.1 Å². The van der Waals surface area contributed by atoms with E-state index in [1.54, 1.807) is 0 Å². The van der Waals surface area contributed by atoms with Gasteiger partial charge in [0.25, 0.3) is 0 Å². The van der Waals surface area contributed by atoms with Crippen molar-refractivity contribution in [1.29, 1.82) is 0 Å². The summed E-state index contributed by atoms with van der Waals surface area (Å²) in [5, 5.41) is 6.07. The summed E-state index contributed by atoms with van der Waals surface area (Å²) >= 11 is 0. The fourth-order valence-corrected chi connectivity index (χ4v) is 3.09. The van der Waals surface area contributed by atoms with E-state index >= 15 is 0 Å². The first-order valence-electron chi connectivity index (χ1n) is 8.57. The standard InChI is InChI=1S/C20H25N3.ClH/c1-3-23(4-2)15-9-14-21-20-16-10-5-7-12-18(16)22-19-13-8-6-11-17(19)20;/h5-8,10-13H,3-4,9,14-15H2,1-2H3,(H,21,22);1H/p-1. The lowest BCUT2D eigenvalue weighted by Gasteiger charge is -2.18. The maximum Gasteiger partial charge on any atom is 0.0730 e. The van der Waals surface area contributed by atoms with Crippen molar-refractivity contribution in [1.82, 2.24) is 9.88 Å². The summed E-state index contributed by atoms with van der Waals surface area (Å²) in [6, 6.07) is 16.7. The lowest BCUT2D eigenvalue weighted by molar-refractivity contribution is -0.00000474. The highest BCUT2D eigenvalue weighted by atomic mass is 35.5. The molecule has 128 valence electrons. The number of anilines is 1. The molecule has 0 bridgehead atoms. The number of fused-ring (bicyclic) bond motifs is 2. The predicted octanol–water partition coefficient (Wildman–Crippen LogP) is 1.54. The zero-order valence-corrected chi connectivity index (χ0v) is 15.2. The van der Waals surface area contributed by atoms with E-state index in [-0.39, 0.29) is 12.4 Å². The van der Waals surface area contributed by atoms with Gasteiger partial charge in [0.15, 0.2) is 0 Å². The van der Waals surface area contributed by atoms with Crippen molar-refractivity contribution in [3.05, 3.63) is 48.5 Å². The van der Waals surface area contributed by atoms with Gasteiger partial charge in [0.1, 0.15) is 0 Å². The highest BCUT2D eigenvalue weighted by molar-refractivity contribution is 6.07. The van der Waals surface area contributed by atoms with Crippen molar-refractivity contribution < 1.29 is 12.4 Å². The van der Waals surface area contributed by atoms with Gasteiger partial charge in [-0.05, 0) is 38.2 Å². The molecule has 3 nitrogen and oxygen atoms in total. The fourth-order valence-electron chi connectivity index (χ4n) is 3.09. The summed E-state index contributed by atoms with van der Waals surface area (Å²) in [7, 11) is 0. The molecule has 4 heteroatoms. The molecule has 0 aliphatic carbocycles. The minimum absolute atomic E-state index is 0. The van der Waals surface area contributed by atoms with Gasteiger partial charge in [0, 0.05) is 17.3 Å². The zero-order valence-electron chi connectivity index (χ0n) is 14.4. The smallest absolute Gasteiger partial charge is 0.0730 e. The Balaban J connectivity index is 0.00000208. The Hall–Kier alpha value is -1.84. The topological polar surface area (TPSA) is 28.2 Å². The summed E-state index contributed by atoms with van der Waals surface area (Å²) in [6.07, 6.45) is 1.15. The second kappa shape index (κ2) is 8.86. The zero-order chi connectivity index (χ0) is 16.1. The van der Waals surface area contributed by atoms with Crippen LogP contribution in [0.5, 0.6) is 0 Å². The molecule has 24 heavy (non-hydrogen) atoms. The van der Waals surface area contributed by atoms with Crippen LogP contribution in [0.3, 0.4) is 0 Å². The van der Waals surface area contributed by atoms with Crippen molar-refractivity contribution in [2.45, 2.75) is 20.3 Å². The van der Waals surface area contributed by atoms with Crippen LogP contribution in [0.1, 0.15) is 20.3 Å². The Labute approximate surface area is 150 Å². The maximum absolute atomic E-state index is 4.77. The number of nitrogens with one attached hydrogen (secondary N) is 1. The summed E-state index contributed by atoms with van der Waals surface area (Å²) in [5.74, 6) is 0. The lowest BCUT2D eigenvalue weighted by atomic mass is 10.1. The van der Waals surface area contributed by atoms with Gasteiger partial charge >= 0.3 is 0 Å². The van der Waals surface area contributed by atoms with Gasteiger partial charge in [-0.15, -0.1) is 0 Å². The minimum atomic E-state index is 0. The maximum atomic E-state index is 4.77. The van der Waals surface area contributed by atoms with E-state index in [1.807, 2.05) is 12.1 Å². The van der Waals surface area contributed by atoms with Gasteiger partial charge < -0.3 is 22.6 Å². The van der Waals surface area contributed by atoms with E-state index < -0.39 is 0 Å². The molecule has 3 aromatic rings. The molecule has 0 saturated carbocycles. The molecule has 1 heterocycles. The molecule has 0 fully saturated rings. The van der Waals surface area contributed by atoms with Crippen LogP contribution < -0.4 is 17.7 Å². The van der Waals surface area contributed by atoms with Crippen molar-refractivity contribution in [3.63, 3.8) is 0 Å². The Morgan fingerprint density at radius 1 is 0.875 bits per heavy atom. The first kappa shape index (κ1) is 18.5. The van der Waals surface area contributed by atoms with Crippen LogP contribution in [0.15, 0.2) is 48.5 Å². The number of para-hydroxylation sites is 2. The first-order chi connectivity index (χ1) is 11.3. The average molecular weight is 343 g/mol. The first-order valence-corrected chi connectivity index (χ1v) is 8.57. The van der Waals surface area contributed by atoms with Gasteiger partial charge in [0.2, 0.25) is 0 Å². The summed E-state index contributed by atoms with van der Waals surface area (Å²) < 4.78 is 0. The molecule has 0 spiro atoms. The Kier molecular flexibility index (Phi) is 6.83. The summed E-state index contributed by atoms with van der Waals surface area (Å²) in [6.45, 7) is 8.81. The highest BCUT2D eigenvalue weighted by Crippen LogP contribution is 2.30. The van der Waals surface area contributed by atoms with E-state index in [0.29, 0.717) is 0 Å². The van der Waals surface area contributed by atoms with E-state index in [0.717, 1.165) is 43.6 Å². The van der Waals surface area contributed by atoms with E-state index in [9.17, 15) is 0 Å². The van der Waals surface area contributed by atoms with Crippen LogP contribution in [0.25, 0.3) is 21.8 Å². The monoisotopic (exact) mass is 342 g/mol. The van der Waals surface area contributed by atoms with Crippen molar-refractivity contribution in [3.8, 4) is 0 Å². The number of halogens is 1. The third kappa shape index (κ3) is 3.97. The molecule has 3 rings (SSSR count). The molecule has 0 aliphatic rings. The Bertz CT molecular complexity index is 730. The number of benzene rings is 2. The molecule has 0 amide bonds. The Morgan fingerprint density at radius 2 is 1.42 bits per heavy atom. The molecule has 0 atom stereocenters. The van der Waals surface area contributed by atoms with E-state index in [1.165, 1.54) is 16.5 Å². The fraction of sp³-hybridized carbons (Fsp3) is 0.350. The van der Waals surface area contributed by atoms with Gasteiger partial charge in [-0.1, -0.05) is 50.2 Å². The minimum Gasteiger partial charge on any atom is -1.00 e. The average Bonchev–Trinajstić information content (AvgIpc) is 2.61. The van der Waals surface area contributed by atoms with Crippen LogP contribution >= 0.6 is 0 Å². The largest absolute Gasteiger partial charge is 1.00 e. The van der Waals surface area contributed by atoms with E-state index in [4.69, 9.17) is 4.98 Å². The molecule has 1 N–H and O–H groups in total. The number of hydrogen-bond acceptors (Lipinski definition) is 3. The highest BCUT2D eigenvalue weighted by Gasteiger charge is 2.08. The molecule has 1 aromatic heterocycles. The van der Waals surface area contributed by atoms with Crippen molar-refractivity contribution >= 4 is 27.5 Å². The second-order valence-electron chi connectivity index (χ2n) is 5.83.